The highest BCUT2D eigenvalue weighted by molar-refractivity contribution is 5.90. The molecule has 1 aliphatic rings. The molecule has 106 valence electrons. The Balaban J connectivity index is 1.86. The van der Waals surface area contributed by atoms with Gasteiger partial charge in [0.25, 0.3) is 5.91 Å². The summed E-state index contributed by atoms with van der Waals surface area (Å²) in [4.78, 5) is 14.0. The summed E-state index contributed by atoms with van der Waals surface area (Å²) in [6.07, 6.45) is 3.21. The van der Waals surface area contributed by atoms with Gasteiger partial charge in [0.15, 0.2) is 0 Å². The second-order valence-electron chi connectivity index (χ2n) is 4.93. The third kappa shape index (κ3) is 2.55. The minimum absolute atomic E-state index is 0.00851. The summed E-state index contributed by atoms with van der Waals surface area (Å²) in [5, 5.41) is 0. The number of carbonyl (C=O) groups excluding carboxylic acids is 1. The largest absolute Gasteiger partial charge is 0.478 e. The van der Waals surface area contributed by atoms with Crippen molar-refractivity contribution in [1.29, 1.82) is 0 Å². The Morgan fingerprint density at radius 1 is 1.00 bits per heavy atom. The normalized spacial score (nSPS) is 21.4. The van der Waals surface area contributed by atoms with Crippen LogP contribution in [0, 0.1) is 0 Å². The Morgan fingerprint density at radius 2 is 1.62 bits per heavy atom. The number of hydrogen-bond donors (Lipinski definition) is 0. The van der Waals surface area contributed by atoms with Gasteiger partial charge in [-0.2, -0.15) is 0 Å². The number of ether oxygens (including phenoxy) is 1. The van der Waals surface area contributed by atoms with Crippen LogP contribution < -0.4 is 4.74 Å². The van der Waals surface area contributed by atoms with Crippen molar-refractivity contribution in [2.75, 3.05) is 0 Å². The molecule has 0 unspecified atom stereocenters. The van der Waals surface area contributed by atoms with E-state index >= 15 is 0 Å². The van der Waals surface area contributed by atoms with Crippen LogP contribution in [0.15, 0.2) is 72.9 Å². The first-order valence-electron chi connectivity index (χ1n) is 7.03. The number of carbonyl (C=O) groups is 1. The van der Waals surface area contributed by atoms with E-state index in [1.54, 1.807) is 4.90 Å². The molecule has 1 aliphatic heterocycles. The minimum atomic E-state index is -0.467. The van der Waals surface area contributed by atoms with Crippen molar-refractivity contribution in [3.8, 4) is 5.75 Å². The Bertz CT molecular complexity index is 637. The molecule has 0 spiro atoms. The number of para-hydroxylation sites is 1. The van der Waals surface area contributed by atoms with Crippen molar-refractivity contribution in [3.63, 3.8) is 0 Å². The van der Waals surface area contributed by atoms with Gasteiger partial charge in [0.05, 0.1) is 0 Å². The molecule has 3 nitrogen and oxygen atoms in total. The molecule has 0 aromatic heterocycles. The molecule has 1 saturated heterocycles. The van der Waals surface area contributed by atoms with Crippen LogP contribution in [0.5, 0.6) is 5.75 Å². The molecule has 0 saturated carbocycles. The molecule has 3 heteroatoms. The quantitative estimate of drug-likeness (QED) is 0.801. The van der Waals surface area contributed by atoms with E-state index in [0.29, 0.717) is 0 Å². The van der Waals surface area contributed by atoms with Gasteiger partial charge in [-0.05, 0) is 24.6 Å². The predicted molar refractivity (Wildman–Crippen MR) is 81.7 cm³/mol. The van der Waals surface area contributed by atoms with Crippen LogP contribution in [-0.2, 0) is 4.79 Å². The first-order chi connectivity index (χ1) is 10.3. The van der Waals surface area contributed by atoms with Gasteiger partial charge in [0, 0.05) is 6.20 Å². The summed E-state index contributed by atoms with van der Waals surface area (Å²) in [6, 6.07) is 19.4. The first-order valence-corrected chi connectivity index (χ1v) is 7.03. The molecule has 0 aliphatic carbocycles. The number of amides is 1. The molecule has 2 aromatic carbocycles. The van der Waals surface area contributed by atoms with Crippen molar-refractivity contribution in [2.45, 2.75) is 19.1 Å². The van der Waals surface area contributed by atoms with Crippen LogP contribution in [0.4, 0.5) is 0 Å². The van der Waals surface area contributed by atoms with Gasteiger partial charge in [-0.1, -0.05) is 54.6 Å². The Hall–Kier alpha value is -2.55. The number of nitrogens with zero attached hydrogens (tertiary/aromatic N) is 1. The zero-order valence-corrected chi connectivity index (χ0v) is 11.8. The second kappa shape index (κ2) is 5.83. The van der Waals surface area contributed by atoms with Gasteiger partial charge in [-0.15, -0.1) is 0 Å². The molecule has 1 heterocycles. The molecule has 0 bridgehead atoms. The summed E-state index contributed by atoms with van der Waals surface area (Å²) in [6.45, 7) is 1.90. The number of likely N-dealkylation sites (tertiary alicyclic amines) is 1. The van der Waals surface area contributed by atoms with E-state index in [9.17, 15) is 4.79 Å². The van der Waals surface area contributed by atoms with Crippen LogP contribution in [0.1, 0.15) is 18.5 Å². The highest BCUT2D eigenvalue weighted by atomic mass is 16.5. The molecular formula is C18H17NO2. The standard InChI is InChI=1S/C18H17NO2/c1-2-13-19-16(14-9-5-3-6-10-14)17(18(19)20)21-15-11-7-4-8-12-15/h2-13,16-17H,1H3/b13-2-/t16-,17+/m0/s1. The average molecular weight is 279 g/mol. The molecule has 3 rings (SSSR count). The van der Waals surface area contributed by atoms with E-state index in [2.05, 4.69) is 0 Å². The number of benzene rings is 2. The van der Waals surface area contributed by atoms with E-state index in [4.69, 9.17) is 4.74 Å². The van der Waals surface area contributed by atoms with Crippen molar-refractivity contribution < 1.29 is 9.53 Å². The zero-order chi connectivity index (χ0) is 14.7. The molecule has 2 aromatic rings. The van der Waals surface area contributed by atoms with Gasteiger partial charge in [0.1, 0.15) is 11.8 Å². The third-order valence-corrected chi connectivity index (χ3v) is 3.54. The fraction of sp³-hybridized carbons (Fsp3) is 0.167. The average Bonchev–Trinajstić information content (AvgIpc) is 2.55. The summed E-state index contributed by atoms with van der Waals surface area (Å²) < 4.78 is 5.88. The van der Waals surface area contributed by atoms with Crippen LogP contribution >= 0.6 is 0 Å². The highest BCUT2D eigenvalue weighted by Crippen LogP contribution is 2.37. The van der Waals surface area contributed by atoms with E-state index < -0.39 is 6.10 Å². The SMILES string of the molecule is C/C=C\N1C(=O)[C@H](Oc2ccccc2)[C@@H]1c1ccccc1. The van der Waals surface area contributed by atoms with E-state index in [1.807, 2.05) is 79.9 Å². The maximum atomic E-state index is 12.3. The smallest absolute Gasteiger partial charge is 0.270 e. The Kier molecular flexibility index (Phi) is 3.73. The number of hydrogen-bond acceptors (Lipinski definition) is 2. The van der Waals surface area contributed by atoms with Gasteiger partial charge >= 0.3 is 0 Å². The zero-order valence-electron chi connectivity index (χ0n) is 11.8. The number of rotatable bonds is 4. The van der Waals surface area contributed by atoms with Crippen molar-refractivity contribution in [1.82, 2.24) is 4.90 Å². The lowest BCUT2D eigenvalue weighted by Gasteiger charge is -2.44. The maximum absolute atomic E-state index is 12.3. The monoisotopic (exact) mass is 279 g/mol. The predicted octanol–water partition coefficient (Wildman–Crippen LogP) is 3.55. The van der Waals surface area contributed by atoms with Gasteiger partial charge in [-0.25, -0.2) is 0 Å². The van der Waals surface area contributed by atoms with Crippen molar-refractivity contribution in [3.05, 3.63) is 78.5 Å². The molecule has 21 heavy (non-hydrogen) atoms. The highest BCUT2D eigenvalue weighted by Gasteiger charge is 2.49. The van der Waals surface area contributed by atoms with Crippen molar-refractivity contribution >= 4 is 5.91 Å². The summed E-state index contributed by atoms with van der Waals surface area (Å²) in [7, 11) is 0. The summed E-state index contributed by atoms with van der Waals surface area (Å²) in [5.74, 6) is 0.711. The van der Waals surface area contributed by atoms with Crippen LogP contribution in [0.25, 0.3) is 0 Å². The first kappa shape index (κ1) is 13.4. The lowest BCUT2D eigenvalue weighted by atomic mass is 9.91. The summed E-state index contributed by atoms with van der Waals surface area (Å²) in [5.41, 5.74) is 1.08. The van der Waals surface area contributed by atoms with E-state index in [1.165, 1.54) is 0 Å². The molecular weight excluding hydrogens is 262 g/mol. The second-order valence-corrected chi connectivity index (χ2v) is 4.93. The molecule has 1 amide bonds. The van der Waals surface area contributed by atoms with Crippen LogP contribution in [0.3, 0.4) is 0 Å². The van der Waals surface area contributed by atoms with Crippen LogP contribution in [-0.4, -0.2) is 16.9 Å². The topological polar surface area (TPSA) is 29.5 Å². The minimum Gasteiger partial charge on any atom is -0.478 e. The van der Waals surface area contributed by atoms with Gasteiger partial charge in [0.2, 0.25) is 6.10 Å². The fourth-order valence-electron chi connectivity index (χ4n) is 2.56. The van der Waals surface area contributed by atoms with E-state index in [-0.39, 0.29) is 11.9 Å². The lowest BCUT2D eigenvalue weighted by molar-refractivity contribution is -0.158. The van der Waals surface area contributed by atoms with Gasteiger partial charge in [-0.3, -0.25) is 4.79 Å². The number of allylic oxidation sites excluding steroid dienone is 1. The van der Waals surface area contributed by atoms with Crippen molar-refractivity contribution in [2.24, 2.45) is 0 Å². The number of β-lactam (4-membered cyclic amide) rings is 1. The summed E-state index contributed by atoms with van der Waals surface area (Å²) >= 11 is 0. The molecule has 2 atom stereocenters. The Labute approximate surface area is 124 Å². The van der Waals surface area contributed by atoms with Gasteiger partial charge < -0.3 is 9.64 Å². The lowest BCUT2D eigenvalue weighted by Crippen LogP contribution is -2.58. The molecule has 1 fully saturated rings. The van der Waals surface area contributed by atoms with Crippen LogP contribution in [0.2, 0.25) is 0 Å². The maximum Gasteiger partial charge on any atom is 0.270 e. The fourth-order valence-corrected chi connectivity index (χ4v) is 2.56. The Morgan fingerprint density at radius 3 is 2.24 bits per heavy atom. The van der Waals surface area contributed by atoms with E-state index in [0.717, 1.165) is 11.3 Å². The third-order valence-electron chi connectivity index (χ3n) is 3.54. The molecule has 0 N–H and O–H groups in total. The molecule has 0 radical (unpaired) electrons.